The SMILES string of the molecule is Cc1cnn(-c2ccc(-c3nnc(N(C)[C@H]4CC=C[C@@H]4F)s3)c(O)c2)n1. The molecule has 7 nitrogen and oxygen atoms in total. The van der Waals surface area contributed by atoms with Crippen molar-refractivity contribution in [2.24, 2.45) is 0 Å². The third-order valence-corrected chi connectivity index (χ3v) is 5.37. The molecule has 0 unspecified atom stereocenters. The topological polar surface area (TPSA) is 80.0 Å². The Labute approximate surface area is 153 Å². The van der Waals surface area contributed by atoms with Gasteiger partial charge in [0, 0.05) is 13.1 Å². The standard InChI is InChI=1S/C17H17FN6OS/c1-10-9-19-24(22-10)11-6-7-12(15(25)8-11)16-20-21-17(26-16)23(2)14-5-3-4-13(14)18/h3-4,6-9,13-14,25H,5H2,1-2H3/t13-,14-/m0/s1. The van der Waals surface area contributed by atoms with Gasteiger partial charge in [-0.2, -0.15) is 15.0 Å². The first kappa shape index (κ1) is 16.6. The highest BCUT2D eigenvalue weighted by molar-refractivity contribution is 7.18. The van der Waals surface area contributed by atoms with E-state index in [9.17, 15) is 9.50 Å². The van der Waals surface area contributed by atoms with Crippen molar-refractivity contribution in [1.82, 2.24) is 25.2 Å². The van der Waals surface area contributed by atoms with E-state index in [4.69, 9.17) is 0 Å². The molecule has 2 aromatic heterocycles. The van der Waals surface area contributed by atoms with Crippen molar-refractivity contribution in [2.45, 2.75) is 25.6 Å². The number of benzene rings is 1. The molecule has 0 amide bonds. The van der Waals surface area contributed by atoms with Crippen LogP contribution in [0.2, 0.25) is 0 Å². The molecule has 2 heterocycles. The molecule has 0 saturated heterocycles. The van der Waals surface area contributed by atoms with Gasteiger partial charge in [-0.25, -0.2) is 4.39 Å². The second-order valence-corrected chi connectivity index (χ2v) is 7.11. The van der Waals surface area contributed by atoms with Crippen LogP contribution in [0, 0.1) is 6.92 Å². The number of phenols is 1. The largest absolute Gasteiger partial charge is 0.507 e. The molecule has 134 valence electrons. The Kier molecular flexibility index (Phi) is 4.15. The zero-order chi connectivity index (χ0) is 18.3. The van der Waals surface area contributed by atoms with Gasteiger partial charge in [-0.05, 0) is 25.5 Å². The Bertz CT molecular complexity index is 968. The summed E-state index contributed by atoms with van der Waals surface area (Å²) in [5, 5.41) is 28.3. The van der Waals surface area contributed by atoms with Crippen LogP contribution >= 0.6 is 11.3 Å². The third-order valence-electron chi connectivity index (χ3n) is 4.33. The number of hydrogen-bond acceptors (Lipinski definition) is 7. The predicted octanol–water partition coefficient (Wildman–Crippen LogP) is 2.90. The number of phenolic OH excluding ortho intramolecular Hbond substituents is 1. The van der Waals surface area contributed by atoms with Crippen molar-refractivity contribution in [3.63, 3.8) is 0 Å². The molecule has 4 rings (SSSR count). The molecule has 0 radical (unpaired) electrons. The highest BCUT2D eigenvalue weighted by Gasteiger charge is 2.28. The van der Waals surface area contributed by atoms with E-state index in [1.54, 1.807) is 35.4 Å². The van der Waals surface area contributed by atoms with Gasteiger partial charge in [0.15, 0.2) is 5.01 Å². The molecule has 0 saturated carbocycles. The zero-order valence-corrected chi connectivity index (χ0v) is 15.1. The average molecular weight is 372 g/mol. The van der Waals surface area contributed by atoms with Crippen LogP contribution in [0.1, 0.15) is 12.1 Å². The number of halogens is 1. The van der Waals surface area contributed by atoms with Crippen LogP contribution in [0.4, 0.5) is 9.52 Å². The first-order valence-corrected chi connectivity index (χ1v) is 8.94. The van der Waals surface area contributed by atoms with Gasteiger partial charge in [-0.1, -0.05) is 23.5 Å². The second-order valence-electron chi connectivity index (χ2n) is 6.15. The molecule has 2 atom stereocenters. The number of aromatic nitrogens is 5. The van der Waals surface area contributed by atoms with Gasteiger partial charge >= 0.3 is 0 Å². The average Bonchev–Trinajstić information content (AvgIpc) is 3.35. The van der Waals surface area contributed by atoms with E-state index < -0.39 is 6.17 Å². The lowest BCUT2D eigenvalue weighted by Gasteiger charge is -2.24. The van der Waals surface area contributed by atoms with E-state index in [1.165, 1.54) is 16.1 Å². The van der Waals surface area contributed by atoms with E-state index >= 15 is 0 Å². The first-order chi connectivity index (χ1) is 12.5. The minimum Gasteiger partial charge on any atom is -0.507 e. The number of aryl methyl sites for hydroxylation is 1. The third kappa shape index (κ3) is 2.94. The molecule has 1 aliphatic rings. The summed E-state index contributed by atoms with van der Waals surface area (Å²) in [6, 6.07) is 4.87. The predicted molar refractivity (Wildman–Crippen MR) is 97.5 cm³/mol. The fourth-order valence-electron chi connectivity index (χ4n) is 2.88. The summed E-state index contributed by atoms with van der Waals surface area (Å²) in [6.45, 7) is 1.85. The van der Waals surface area contributed by atoms with Gasteiger partial charge < -0.3 is 10.0 Å². The van der Waals surface area contributed by atoms with Crippen LogP contribution in [0.15, 0.2) is 36.5 Å². The van der Waals surface area contributed by atoms with E-state index in [1.807, 2.05) is 20.0 Å². The normalized spacial score (nSPS) is 19.2. The van der Waals surface area contributed by atoms with Crippen molar-refractivity contribution < 1.29 is 9.50 Å². The number of aromatic hydroxyl groups is 1. The Morgan fingerprint density at radius 3 is 2.85 bits per heavy atom. The lowest BCUT2D eigenvalue weighted by atomic mass is 10.2. The molecule has 0 spiro atoms. The number of anilines is 1. The summed E-state index contributed by atoms with van der Waals surface area (Å²) in [6.07, 6.45) is 4.68. The van der Waals surface area contributed by atoms with E-state index in [-0.39, 0.29) is 11.8 Å². The van der Waals surface area contributed by atoms with E-state index in [0.29, 0.717) is 27.8 Å². The van der Waals surface area contributed by atoms with Crippen molar-refractivity contribution in [2.75, 3.05) is 11.9 Å². The second kappa shape index (κ2) is 6.49. The van der Waals surface area contributed by atoms with Crippen molar-refractivity contribution in [3.8, 4) is 22.0 Å². The molecule has 0 fully saturated rings. The number of hydrogen-bond donors (Lipinski definition) is 1. The quantitative estimate of drug-likeness (QED) is 0.710. The Morgan fingerprint density at radius 2 is 2.19 bits per heavy atom. The maximum absolute atomic E-state index is 13.9. The van der Waals surface area contributed by atoms with Gasteiger partial charge in [0.25, 0.3) is 0 Å². The summed E-state index contributed by atoms with van der Waals surface area (Å²) < 4.78 is 13.9. The van der Waals surface area contributed by atoms with Gasteiger partial charge in [0.05, 0.1) is 29.2 Å². The highest BCUT2D eigenvalue weighted by Crippen LogP contribution is 2.36. The van der Waals surface area contributed by atoms with E-state index in [0.717, 1.165) is 5.69 Å². The number of rotatable bonds is 4. The number of alkyl halides is 1. The molecule has 0 aliphatic heterocycles. The van der Waals surface area contributed by atoms with Crippen LogP contribution in [0.5, 0.6) is 5.75 Å². The maximum atomic E-state index is 13.9. The summed E-state index contributed by atoms with van der Waals surface area (Å²) in [7, 11) is 1.81. The fraction of sp³-hybridized carbons (Fsp3) is 0.294. The van der Waals surface area contributed by atoms with Crippen LogP contribution in [0.3, 0.4) is 0 Å². The molecule has 26 heavy (non-hydrogen) atoms. The molecular weight excluding hydrogens is 355 g/mol. The minimum absolute atomic E-state index is 0.0636. The van der Waals surface area contributed by atoms with Gasteiger partial charge in [0.1, 0.15) is 11.9 Å². The smallest absolute Gasteiger partial charge is 0.208 e. The van der Waals surface area contributed by atoms with Crippen molar-refractivity contribution in [1.29, 1.82) is 0 Å². The van der Waals surface area contributed by atoms with Crippen LogP contribution in [-0.2, 0) is 0 Å². The lowest BCUT2D eigenvalue weighted by Crippen LogP contribution is -2.35. The molecule has 1 aromatic carbocycles. The van der Waals surface area contributed by atoms with Crippen molar-refractivity contribution in [3.05, 3.63) is 42.2 Å². The minimum atomic E-state index is -1.01. The molecule has 9 heteroatoms. The zero-order valence-electron chi connectivity index (χ0n) is 14.2. The van der Waals surface area contributed by atoms with Gasteiger partial charge in [-0.3, -0.25) is 0 Å². The summed E-state index contributed by atoms with van der Waals surface area (Å²) >= 11 is 1.31. The summed E-state index contributed by atoms with van der Waals surface area (Å²) in [5.41, 5.74) is 2.01. The monoisotopic (exact) mass is 372 g/mol. The molecule has 3 aromatic rings. The Hall–Kier alpha value is -2.81. The molecule has 1 N–H and O–H groups in total. The van der Waals surface area contributed by atoms with E-state index in [2.05, 4.69) is 20.4 Å². The van der Waals surface area contributed by atoms with Crippen LogP contribution in [0.25, 0.3) is 16.3 Å². The summed E-state index contributed by atoms with van der Waals surface area (Å²) in [4.78, 5) is 3.25. The molecule has 0 bridgehead atoms. The van der Waals surface area contributed by atoms with Crippen LogP contribution < -0.4 is 4.90 Å². The number of nitrogens with zero attached hydrogens (tertiary/aromatic N) is 6. The highest BCUT2D eigenvalue weighted by atomic mass is 32.1. The molecule has 1 aliphatic carbocycles. The Morgan fingerprint density at radius 1 is 1.35 bits per heavy atom. The summed E-state index contributed by atoms with van der Waals surface area (Å²) in [5.74, 6) is 0.0636. The first-order valence-electron chi connectivity index (χ1n) is 8.12. The Balaban J connectivity index is 1.59. The fourth-order valence-corrected chi connectivity index (χ4v) is 3.77. The van der Waals surface area contributed by atoms with Gasteiger partial charge in [-0.15, -0.1) is 10.2 Å². The van der Waals surface area contributed by atoms with Crippen molar-refractivity contribution >= 4 is 16.5 Å². The van der Waals surface area contributed by atoms with Gasteiger partial charge in [0.2, 0.25) is 5.13 Å². The maximum Gasteiger partial charge on any atom is 0.208 e. The lowest BCUT2D eigenvalue weighted by molar-refractivity contribution is 0.349. The molecular formula is C17H17FN6OS. The van der Waals surface area contributed by atoms with Crippen LogP contribution in [-0.4, -0.2) is 49.6 Å².